The Kier molecular flexibility index (Phi) is 5.67. The van der Waals surface area contributed by atoms with E-state index in [1.807, 2.05) is 6.92 Å². The van der Waals surface area contributed by atoms with Crippen molar-refractivity contribution in [3.63, 3.8) is 0 Å². The summed E-state index contributed by atoms with van der Waals surface area (Å²) in [5.74, 6) is 2.16. The lowest BCUT2D eigenvalue weighted by Crippen LogP contribution is -2.13. The number of nitrogens with one attached hydrogen (secondary N) is 1. The molecule has 0 aromatic carbocycles. The largest absolute Gasteiger partial charge is 0.488 e. The van der Waals surface area contributed by atoms with E-state index in [1.165, 1.54) is 10.4 Å². The molecule has 3 aromatic heterocycles. The van der Waals surface area contributed by atoms with Gasteiger partial charge in [-0.15, -0.1) is 11.3 Å². The van der Waals surface area contributed by atoms with Crippen LogP contribution in [0.25, 0.3) is 10.2 Å². The molecule has 0 atom stereocenters. The molecule has 0 radical (unpaired) electrons. The highest BCUT2D eigenvalue weighted by molar-refractivity contribution is 7.98. The number of aryl methyl sites for hydroxylation is 3. The number of ether oxygens (including phenoxy) is 1. The molecule has 0 unspecified atom stereocenters. The van der Waals surface area contributed by atoms with E-state index in [-0.39, 0.29) is 5.43 Å². The van der Waals surface area contributed by atoms with Crippen LogP contribution in [0.4, 0.5) is 0 Å². The Bertz CT molecular complexity index is 992. The molecule has 0 aliphatic rings. The van der Waals surface area contributed by atoms with Gasteiger partial charge >= 0.3 is 0 Å². The van der Waals surface area contributed by atoms with Crippen molar-refractivity contribution in [3.8, 4) is 5.75 Å². The van der Waals surface area contributed by atoms with Crippen molar-refractivity contribution in [2.45, 2.75) is 45.4 Å². The standard InChI is InChI=1S/C19H23N3O2S2/c1-10(2)8-24-16-7-20-14(6-15(16)23)9-25-18-17-11(3)12(4)26-19(17)22-13(5)21-18/h6-7,10H,8-9H2,1-5H3,(H,20,23). The maximum absolute atomic E-state index is 12.2. The second kappa shape index (κ2) is 7.80. The first-order valence-electron chi connectivity index (χ1n) is 8.56. The fourth-order valence-electron chi connectivity index (χ4n) is 2.52. The number of nitrogens with zero attached hydrogens (tertiary/aromatic N) is 2. The van der Waals surface area contributed by atoms with Crippen LogP contribution in [0.2, 0.25) is 0 Å². The van der Waals surface area contributed by atoms with Gasteiger partial charge in [0.05, 0.1) is 6.61 Å². The van der Waals surface area contributed by atoms with Crippen LogP contribution in [-0.4, -0.2) is 21.6 Å². The van der Waals surface area contributed by atoms with Crippen molar-refractivity contribution in [1.29, 1.82) is 0 Å². The Morgan fingerprint density at radius 2 is 2.04 bits per heavy atom. The lowest BCUT2D eigenvalue weighted by atomic mass is 10.2. The minimum absolute atomic E-state index is 0.0911. The molecule has 0 saturated heterocycles. The quantitative estimate of drug-likeness (QED) is 0.492. The van der Waals surface area contributed by atoms with Gasteiger partial charge in [-0.3, -0.25) is 4.79 Å². The normalized spacial score (nSPS) is 11.5. The number of hydrogen-bond donors (Lipinski definition) is 1. The predicted octanol–water partition coefficient (Wildman–Crippen LogP) is 4.63. The van der Waals surface area contributed by atoms with Gasteiger partial charge in [0.15, 0.2) is 5.75 Å². The van der Waals surface area contributed by atoms with Crippen LogP contribution in [0, 0.1) is 26.7 Å². The number of rotatable bonds is 6. The van der Waals surface area contributed by atoms with Crippen LogP contribution in [0.5, 0.6) is 5.75 Å². The monoisotopic (exact) mass is 389 g/mol. The van der Waals surface area contributed by atoms with Gasteiger partial charge in [0.1, 0.15) is 15.7 Å². The number of thiophene rings is 1. The number of H-pyrrole nitrogens is 1. The summed E-state index contributed by atoms with van der Waals surface area (Å²) >= 11 is 3.32. The lowest BCUT2D eigenvalue weighted by Gasteiger charge is -2.09. The third-order valence-corrected chi connectivity index (χ3v) is 6.11. The van der Waals surface area contributed by atoms with Gasteiger partial charge in [0.2, 0.25) is 5.43 Å². The molecule has 0 aliphatic heterocycles. The maximum atomic E-state index is 12.2. The minimum atomic E-state index is -0.0911. The van der Waals surface area contributed by atoms with Crippen molar-refractivity contribution >= 4 is 33.3 Å². The van der Waals surface area contributed by atoms with Crippen LogP contribution < -0.4 is 10.2 Å². The maximum Gasteiger partial charge on any atom is 0.223 e. The topological polar surface area (TPSA) is 67.9 Å². The van der Waals surface area contributed by atoms with Gasteiger partial charge in [-0.1, -0.05) is 25.6 Å². The lowest BCUT2D eigenvalue weighted by molar-refractivity contribution is 0.268. The Balaban J connectivity index is 1.80. The second-order valence-electron chi connectivity index (χ2n) is 6.72. The summed E-state index contributed by atoms with van der Waals surface area (Å²) in [6.07, 6.45) is 1.65. The molecule has 7 heteroatoms. The molecular weight excluding hydrogens is 366 g/mol. The molecule has 0 fully saturated rings. The van der Waals surface area contributed by atoms with Gasteiger partial charge in [0.25, 0.3) is 0 Å². The molecule has 0 spiro atoms. The van der Waals surface area contributed by atoms with E-state index in [2.05, 4.69) is 42.6 Å². The van der Waals surface area contributed by atoms with Crippen molar-refractivity contribution in [2.24, 2.45) is 5.92 Å². The van der Waals surface area contributed by atoms with Crippen LogP contribution in [0.15, 0.2) is 22.1 Å². The molecule has 0 bridgehead atoms. The fourth-order valence-corrected chi connectivity index (χ4v) is 4.71. The average Bonchev–Trinajstić information content (AvgIpc) is 2.85. The van der Waals surface area contributed by atoms with Crippen molar-refractivity contribution in [1.82, 2.24) is 15.0 Å². The highest BCUT2D eigenvalue weighted by atomic mass is 32.2. The zero-order valence-electron chi connectivity index (χ0n) is 15.7. The molecule has 0 saturated carbocycles. The summed E-state index contributed by atoms with van der Waals surface area (Å²) in [5.41, 5.74) is 2.00. The molecule has 3 rings (SSSR count). The Morgan fingerprint density at radius 3 is 2.73 bits per heavy atom. The molecule has 138 valence electrons. The molecule has 3 aromatic rings. The van der Waals surface area contributed by atoms with Gasteiger partial charge < -0.3 is 9.72 Å². The molecule has 0 amide bonds. The third kappa shape index (κ3) is 4.10. The Labute approximate surface area is 161 Å². The second-order valence-corrected chi connectivity index (χ2v) is 8.89. The molecule has 0 aliphatic carbocycles. The van der Waals surface area contributed by atoms with Crippen molar-refractivity contribution in [2.75, 3.05) is 6.61 Å². The number of thioether (sulfide) groups is 1. The average molecular weight is 390 g/mol. The summed E-state index contributed by atoms with van der Waals surface area (Å²) in [4.78, 5) is 26.8. The number of aromatic amines is 1. The summed E-state index contributed by atoms with van der Waals surface area (Å²) in [7, 11) is 0. The van der Waals surface area contributed by atoms with Crippen LogP contribution in [0.1, 0.15) is 35.8 Å². The number of aromatic nitrogens is 3. The number of hydrogen-bond acceptors (Lipinski definition) is 6. The molecule has 26 heavy (non-hydrogen) atoms. The SMILES string of the molecule is Cc1nc(SCc2cc(=O)c(OCC(C)C)c[nH]2)c2c(C)c(C)sc2n1. The van der Waals surface area contributed by atoms with Crippen LogP contribution >= 0.6 is 23.1 Å². The van der Waals surface area contributed by atoms with Crippen LogP contribution in [0.3, 0.4) is 0 Å². The highest BCUT2D eigenvalue weighted by Gasteiger charge is 2.14. The molecule has 5 nitrogen and oxygen atoms in total. The van der Waals surface area contributed by atoms with E-state index < -0.39 is 0 Å². The van der Waals surface area contributed by atoms with E-state index in [0.29, 0.717) is 24.0 Å². The summed E-state index contributed by atoms with van der Waals surface area (Å²) < 4.78 is 5.54. The number of pyridine rings is 1. The fraction of sp³-hybridized carbons (Fsp3) is 0.421. The Morgan fingerprint density at radius 1 is 1.27 bits per heavy atom. The Hall–Kier alpha value is -1.86. The predicted molar refractivity (Wildman–Crippen MR) is 109 cm³/mol. The zero-order chi connectivity index (χ0) is 18.8. The molecule has 1 N–H and O–H groups in total. The first-order valence-corrected chi connectivity index (χ1v) is 10.4. The summed E-state index contributed by atoms with van der Waals surface area (Å²) in [6, 6.07) is 1.61. The highest BCUT2D eigenvalue weighted by Crippen LogP contribution is 2.35. The van der Waals surface area contributed by atoms with E-state index in [4.69, 9.17) is 4.74 Å². The summed E-state index contributed by atoms with van der Waals surface area (Å²) in [6.45, 7) is 10.8. The van der Waals surface area contributed by atoms with Crippen LogP contribution in [-0.2, 0) is 5.75 Å². The first-order chi connectivity index (χ1) is 12.3. The van der Waals surface area contributed by atoms with Gasteiger partial charge in [-0.25, -0.2) is 9.97 Å². The molecule has 3 heterocycles. The van der Waals surface area contributed by atoms with E-state index >= 15 is 0 Å². The van der Waals surface area contributed by atoms with Crippen molar-refractivity contribution < 1.29 is 4.74 Å². The first kappa shape index (κ1) is 18.9. The van der Waals surface area contributed by atoms with E-state index in [9.17, 15) is 4.79 Å². The van der Waals surface area contributed by atoms with Gasteiger partial charge in [0, 0.05) is 34.0 Å². The third-order valence-electron chi connectivity index (χ3n) is 3.98. The zero-order valence-corrected chi connectivity index (χ0v) is 17.3. The summed E-state index contributed by atoms with van der Waals surface area (Å²) in [5, 5.41) is 2.10. The van der Waals surface area contributed by atoms with E-state index in [0.717, 1.165) is 26.8 Å². The van der Waals surface area contributed by atoms with Gasteiger partial charge in [-0.05, 0) is 32.3 Å². The number of fused-ring (bicyclic) bond motifs is 1. The smallest absolute Gasteiger partial charge is 0.223 e. The van der Waals surface area contributed by atoms with Gasteiger partial charge in [-0.2, -0.15) is 0 Å². The minimum Gasteiger partial charge on any atom is -0.488 e. The van der Waals surface area contributed by atoms with E-state index in [1.54, 1.807) is 35.4 Å². The van der Waals surface area contributed by atoms with Crippen molar-refractivity contribution in [3.05, 3.63) is 44.4 Å². The molecular formula is C19H23N3O2S2.